The summed E-state index contributed by atoms with van der Waals surface area (Å²) in [6, 6.07) is 5.64. The molecule has 5 nitrogen and oxygen atoms in total. The molecule has 1 aromatic heterocycles. The molecule has 0 radical (unpaired) electrons. The van der Waals surface area contributed by atoms with Crippen LogP contribution in [0.2, 0.25) is 5.02 Å². The van der Waals surface area contributed by atoms with E-state index in [4.69, 9.17) is 17.4 Å². The second kappa shape index (κ2) is 6.05. The summed E-state index contributed by atoms with van der Waals surface area (Å²) < 4.78 is 13.2. The van der Waals surface area contributed by atoms with Crippen molar-refractivity contribution in [1.29, 1.82) is 0 Å². The predicted octanol–water partition coefficient (Wildman–Crippen LogP) is 3.02. The fraction of sp³-hybridized carbons (Fsp3) is 0.0909. The predicted molar refractivity (Wildman–Crippen MR) is 76.3 cm³/mol. The van der Waals surface area contributed by atoms with E-state index in [1.54, 1.807) is 6.07 Å². The molecule has 0 bridgehead atoms. The van der Waals surface area contributed by atoms with Crippen molar-refractivity contribution < 1.29 is 4.39 Å². The zero-order chi connectivity index (χ0) is 13.8. The van der Waals surface area contributed by atoms with Crippen LogP contribution in [0.15, 0.2) is 29.4 Å². The lowest BCUT2D eigenvalue weighted by Gasteiger charge is -2.10. The summed E-state index contributed by atoms with van der Waals surface area (Å²) in [7, 11) is 0. The molecule has 2 rings (SSSR count). The Bertz CT molecular complexity index is 573. The van der Waals surface area contributed by atoms with Gasteiger partial charge < -0.3 is 10.7 Å². The quantitative estimate of drug-likeness (QED) is 0.349. The molecule has 19 heavy (non-hydrogen) atoms. The lowest BCUT2D eigenvalue weighted by atomic mass is 10.3. The fourth-order valence-corrected chi connectivity index (χ4v) is 1.93. The van der Waals surface area contributed by atoms with Crippen molar-refractivity contribution in [1.82, 2.24) is 9.97 Å². The van der Waals surface area contributed by atoms with Crippen LogP contribution in [0.25, 0.3) is 0 Å². The molecule has 0 aliphatic heterocycles. The summed E-state index contributed by atoms with van der Waals surface area (Å²) >= 11 is 7.34. The van der Waals surface area contributed by atoms with E-state index in [2.05, 4.69) is 20.7 Å². The second-order valence-corrected chi connectivity index (χ2v) is 4.70. The molecule has 0 saturated carbocycles. The molecule has 0 aliphatic rings. The van der Waals surface area contributed by atoms with Crippen LogP contribution in [0, 0.1) is 5.82 Å². The third-order valence-electron chi connectivity index (χ3n) is 2.23. The molecule has 0 spiro atoms. The van der Waals surface area contributed by atoms with Gasteiger partial charge in [-0.3, -0.25) is 0 Å². The standard InChI is InChI=1S/C11H11ClFN5S/c1-19-11-16-9(5-10(17-11)18-14)15-8-4-6(13)2-3-7(8)12/h2-5H,14H2,1H3,(H2,15,16,17,18). The number of anilines is 3. The maximum atomic E-state index is 13.2. The zero-order valence-corrected chi connectivity index (χ0v) is 11.5. The monoisotopic (exact) mass is 299 g/mol. The third kappa shape index (κ3) is 3.46. The third-order valence-corrected chi connectivity index (χ3v) is 3.10. The number of nitrogen functional groups attached to an aromatic ring is 1. The fourth-order valence-electron chi connectivity index (χ4n) is 1.39. The summed E-state index contributed by atoms with van der Waals surface area (Å²) in [6.07, 6.45) is 1.84. The van der Waals surface area contributed by atoms with Crippen molar-refractivity contribution in [3.63, 3.8) is 0 Å². The van der Waals surface area contributed by atoms with Gasteiger partial charge in [-0.2, -0.15) is 0 Å². The van der Waals surface area contributed by atoms with Gasteiger partial charge >= 0.3 is 0 Å². The van der Waals surface area contributed by atoms with E-state index in [-0.39, 0.29) is 5.82 Å². The van der Waals surface area contributed by atoms with Gasteiger partial charge in [0.25, 0.3) is 0 Å². The van der Waals surface area contributed by atoms with Crippen LogP contribution in [-0.2, 0) is 0 Å². The molecule has 0 aliphatic carbocycles. The van der Waals surface area contributed by atoms with Crippen LogP contribution in [0.4, 0.5) is 21.7 Å². The second-order valence-electron chi connectivity index (χ2n) is 3.52. The molecule has 0 atom stereocenters. The number of hydrogen-bond acceptors (Lipinski definition) is 6. The molecule has 0 saturated heterocycles. The number of nitrogens with two attached hydrogens (primary N) is 1. The van der Waals surface area contributed by atoms with Gasteiger partial charge in [-0.15, -0.1) is 0 Å². The summed E-state index contributed by atoms with van der Waals surface area (Å²) in [4.78, 5) is 8.35. The van der Waals surface area contributed by atoms with E-state index in [1.807, 2.05) is 6.26 Å². The number of hydrazine groups is 1. The minimum absolute atomic E-state index is 0.386. The largest absolute Gasteiger partial charge is 0.339 e. The highest BCUT2D eigenvalue weighted by atomic mass is 35.5. The van der Waals surface area contributed by atoms with Crippen molar-refractivity contribution in [2.75, 3.05) is 17.0 Å². The molecule has 1 heterocycles. The first kappa shape index (κ1) is 13.9. The van der Waals surface area contributed by atoms with Gasteiger partial charge in [0.15, 0.2) is 5.16 Å². The van der Waals surface area contributed by atoms with Gasteiger partial charge in [0.2, 0.25) is 0 Å². The van der Waals surface area contributed by atoms with E-state index in [0.29, 0.717) is 27.5 Å². The average Bonchev–Trinajstić information content (AvgIpc) is 2.42. The molecule has 1 aromatic carbocycles. The Morgan fingerprint density at radius 2 is 2.00 bits per heavy atom. The normalized spacial score (nSPS) is 10.3. The number of halogens is 2. The van der Waals surface area contributed by atoms with Gasteiger partial charge in [-0.1, -0.05) is 23.4 Å². The first-order valence-corrected chi connectivity index (χ1v) is 6.84. The minimum Gasteiger partial charge on any atom is -0.339 e. The van der Waals surface area contributed by atoms with Gasteiger partial charge in [-0.05, 0) is 24.5 Å². The highest BCUT2D eigenvalue weighted by Crippen LogP contribution is 2.27. The summed E-state index contributed by atoms with van der Waals surface area (Å²) in [6.45, 7) is 0. The average molecular weight is 300 g/mol. The molecular weight excluding hydrogens is 289 g/mol. The van der Waals surface area contributed by atoms with Gasteiger partial charge in [-0.25, -0.2) is 20.2 Å². The number of nitrogens with zero attached hydrogens (tertiary/aromatic N) is 2. The smallest absolute Gasteiger partial charge is 0.191 e. The topological polar surface area (TPSA) is 75.9 Å². The van der Waals surface area contributed by atoms with Crippen LogP contribution in [0.1, 0.15) is 0 Å². The Balaban J connectivity index is 2.34. The maximum Gasteiger partial charge on any atom is 0.191 e. The molecule has 0 amide bonds. The Hall–Kier alpha value is -1.57. The lowest BCUT2D eigenvalue weighted by Crippen LogP contribution is -2.10. The van der Waals surface area contributed by atoms with E-state index in [9.17, 15) is 4.39 Å². The number of nitrogens with one attached hydrogen (secondary N) is 2. The number of aromatic nitrogens is 2. The van der Waals surface area contributed by atoms with Gasteiger partial charge in [0, 0.05) is 6.07 Å². The Labute approximate surface area is 118 Å². The van der Waals surface area contributed by atoms with Gasteiger partial charge in [0.1, 0.15) is 17.5 Å². The van der Waals surface area contributed by atoms with Crippen molar-refractivity contribution in [2.24, 2.45) is 5.84 Å². The van der Waals surface area contributed by atoms with Crippen molar-refractivity contribution in [3.05, 3.63) is 35.1 Å². The number of benzene rings is 1. The first-order chi connectivity index (χ1) is 9.12. The van der Waals surface area contributed by atoms with Crippen molar-refractivity contribution >= 4 is 40.7 Å². The zero-order valence-electron chi connectivity index (χ0n) is 9.95. The Morgan fingerprint density at radius 1 is 1.26 bits per heavy atom. The first-order valence-electron chi connectivity index (χ1n) is 5.24. The molecule has 4 N–H and O–H groups in total. The molecule has 2 aromatic rings. The maximum absolute atomic E-state index is 13.2. The van der Waals surface area contributed by atoms with Crippen molar-refractivity contribution in [3.8, 4) is 0 Å². The van der Waals surface area contributed by atoms with E-state index in [1.165, 1.54) is 30.0 Å². The lowest BCUT2D eigenvalue weighted by molar-refractivity contribution is 0.628. The summed E-state index contributed by atoms with van der Waals surface area (Å²) in [5.41, 5.74) is 2.87. The van der Waals surface area contributed by atoms with E-state index in [0.717, 1.165) is 0 Å². The van der Waals surface area contributed by atoms with E-state index < -0.39 is 0 Å². The van der Waals surface area contributed by atoms with E-state index >= 15 is 0 Å². The Kier molecular flexibility index (Phi) is 4.41. The van der Waals surface area contributed by atoms with Gasteiger partial charge in [0.05, 0.1) is 10.7 Å². The number of thioether (sulfide) groups is 1. The Morgan fingerprint density at radius 3 is 2.68 bits per heavy atom. The SMILES string of the molecule is CSc1nc(NN)cc(Nc2cc(F)ccc2Cl)n1. The van der Waals surface area contributed by atoms with Crippen LogP contribution >= 0.6 is 23.4 Å². The molecule has 0 unspecified atom stereocenters. The summed E-state index contributed by atoms with van der Waals surface area (Å²) in [5.74, 6) is 5.87. The van der Waals surface area contributed by atoms with Crippen molar-refractivity contribution in [2.45, 2.75) is 5.16 Å². The highest BCUT2D eigenvalue weighted by molar-refractivity contribution is 7.98. The molecule has 100 valence electrons. The van der Waals surface area contributed by atoms with Crippen LogP contribution in [0.5, 0.6) is 0 Å². The van der Waals surface area contributed by atoms with Crippen LogP contribution < -0.4 is 16.6 Å². The van der Waals surface area contributed by atoms with Crippen LogP contribution in [-0.4, -0.2) is 16.2 Å². The minimum atomic E-state index is -0.386. The molecule has 8 heteroatoms. The molecular formula is C11H11ClFN5S. The number of hydrogen-bond donors (Lipinski definition) is 3. The van der Waals surface area contributed by atoms with Crippen LogP contribution in [0.3, 0.4) is 0 Å². The number of rotatable bonds is 4. The summed E-state index contributed by atoms with van der Waals surface area (Å²) in [5, 5.41) is 3.86. The highest BCUT2D eigenvalue weighted by Gasteiger charge is 2.07. The molecule has 0 fully saturated rings.